The van der Waals surface area contributed by atoms with Crippen LogP contribution >= 0.6 is 31.9 Å². The van der Waals surface area contributed by atoms with Crippen molar-refractivity contribution in [2.45, 2.75) is 18.3 Å². The van der Waals surface area contributed by atoms with Gasteiger partial charge in [-0.2, -0.15) is 23.3 Å². The Bertz CT molecular complexity index is 884. The molecule has 1 amide bonds. The first-order chi connectivity index (χ1) is 12.1. The van der Waals surface area contributed by atoms with E-state index >= 15 is 0 Å². The van der Waals surface area contributed by atoms with Gasteiger partial charge < -0.3 is 5.11 Å². The third kappa shape index (κ3) is 3.43. The minimum atomic E-state index is -5.07. The monoisotopic (exact) mass is 490 g/mol. The fourth-order valence-electron chi connectivity index (χ4n) is 2.53. The van der Waals surface area contributed by atoms with E-state index in [9.17, 15) is 23.1 Å². The summed E-state index contributed by atoms with van der Waals surface area (Å²) in [6.07, 6.45) is -5.92. The zero-order valence-electron chi connectivity index (χ0n) is 13.0. The number of hydrogen-bond acceptors (Lipinski definition) is 3. The first-order valence-corrected chi connectivity index (χ1v) is 8.93. The normalized spacial score (nSPS) is 20.2. The Morgan fingerprint density at radius 2 is 1.77 bits per heavy atom. The highest BCUT2D eigenvalue weighted by Gasteiger charge is 2.63. The topological polar surface area (TPSA) is 52.9 Å². The molecule has 26 heavy (non-hydrogen) atoms. The van der Waals surface area contributed by atoms with Crippen LogP contribution in [-0.4, -0.2) is 33.6 Å². The summed E-state index contributed by atoms with van der Waals surface area (Å²) in [5.41, 5.74) is -3.07. The summed E-state index contributed by atoms with van der Waals surface area (Å²) < 4.78 is 42.0. The van der Waals surface area contributed by atoms with Gasteiger partial charge in [-0.15, -0.1) is 0 Å². The lowest BCUT2D eigenvalue weighted by Gasteiger charge is -2.32. The maximum atomic E-state index is 13.6. The molecule has 2 aromatic rings. The summed E-state index contributed by atoms with van der Waals surface area (Å²) in [5.74, 6) is -1.04. The van der Waals surface area contributed by atoms with E-state index in [0.717, 1.165) is 4.47 Å². The van der Waals surface area contributed by atoms with Crippen LogP contribution in [0.3, 0.4) is 0 Å². The summed E-state index contributed by atoms with van der Waals surface area (Å²) in [6, 6.07) is 12.3. The molecule has 0 radical (unpaired) electrons. The van der Waals surface area contributed by atoms with Gasteiger partial charge in [0.25, 0.3) is 11.6 Å². The lowest BCUT2D eigenvalue weighted by molar-refractivity contribution is -0.297. The fraction of sp³-hybridized carbons (Fsp3) is 0.176. The number of aliphatic hydroxyl groups is 1. The van der Waals surface area contributed by atoms with E-state index in [0.29, 0.717) is 10.0 Å². The highest BCUT2D eigenvalue weighted by atomic mass is 79.9. The Morgan fingerprint density at radius 1 is 1.12 bits per heavy atom. The van der Waals surface area contributed by atoms with Gasteiger partial charge in [-0.3, -0.25) is 4.79 Å². The van der Waals surface area contributed by atoms with Crippen molar-refractivity contribution in [3.63, 3.8) is 0 Å². The Labute approximate surface area is 163 Å². The lowest BCUT2D eigenvalue weighted by Crippen LogP contribution is -2.56. The van der Waals surface area contributed by atoms with Crippen LogP contribution in [0.4, 0.5) is 13.2 Å². The van der Waals surface area contributed by atoms with Gasteiger partial charge in [0.15, 0.2) is 0 Å². The molecule has 0 saturated carbocycles. The van der Waals surface area contributed by atoms with Gasteiger partial charge in [-0.25, -0.2) is 0 Å². The number of rotatable bonds is 2. The van der Waals surface area contributed by atoms with Crippen molar-refractivity contribution in [3.8, 4) is 0 Å². The molecule has 136 valence electrons. The molecule has 1 atom stereocenters. The zero-order valence-corrected chi connectivity index (χ0v) is 16.1. The Hall–Kier alpha value is -1.71. The number of amides is 1. The molecule has 0 fully saturated rings. The number of halogens is 5. The molecular weight excluding hydrogens is 481 g/mol. The van der Waals surface area contributed by atoms with Crippen molar-refractivity contribution in [2.24, 2.45) is 5.10 Å². The molecule has 0 aliphatic carbocycles. The molecule has 1 aliphatic rings. The van der Waals surface area contributed by atoms with Crippen LogP contribution in [-0.2, 0) is 0 Å². The zero-order chi connectivity index (χ0) is 19.1. The number of carbonyl (C=O) groups is 1. The molecule has 2 aromatic carbocycles. The Balaban J connectivity index is 2.05. The summed E-state index contributed by atoms with van der Waals surface area (Å²) in [6.45, 7) is 0. The average molecular weight is 492 g/mol. The molecule has 0 saturated heterocycles. The van der Waals surface area contributed by atoms with E-state index in [1.807, 2.05) is 0 Å². The van der Waals surface area contributed by atoms with E-state index in [4.69, 9.17) is 0 Å². The molecule has 3 rings (SSSR count). The molecule has 0 unspecified atom stereocenters. The second kappa shape index (κ2) is 6.79. The Morgan fingerprint density at radius 3 is 2.35 bits per heavy atom. The maximum Gasteiger partial charge on any atom is 0.438 e. The van der Waals surface area contributed by atoms with Crippen molar-refractivity contribution in [2.75, 3.05) is 0 Å². The highest BCUT2D eigenvalue weighted by Crippen LogP contribution is 2.42. The molecule has 9 heteroatoms. The largest absolute Gasteiger partial charge is 0.438 e. The average Bonchev–Trinajstić information content (AvgIpc) is 2.94. The van der Waals surface area contributed by atoms with Gasteiger partial charge in [-0.05, 0) is 35.9 Å². The SMILES string of the molecule is O=C(c1cccc(Br)c1)N1N=C(c2ccc(Br)cc2)C[C@]1(O)C(F)(F)F. The van der Waals surface area contributed by atoms with Crippen molar-refractivity contribution in [1.29, 1.82) is 0 Å². The molecule has 1 heterocycles. The first-order valence-electron chi connectivity index (χ1n) is 7.34. The maximum absolute atomic E-state index is 13.6. The lowest BCUT2D eigenvalue weighted by atomic mass is 10.0. The van der Waals surface area contributed by atoms with Crippen LogP contribution in [0, 0.1) is 0 Å². The Kier molecular flexibility index (Phi) is 4.98. The van der Waals surface area contributed by atoms with Crippen molar-refractivity contribution < 1.29 is 23.1 Å². The van der Waals surface area contributed by atoms with Crippen molar-refractivity contribution in [3.05, 3.63) is 68.6 Å². The number of benzene rings is 2. The second-order valence-corrected chi connectivity index (χ2v) is 7.50. The molecule has 0 spiro atoms. The van der Waals surface area contributed by atoms with E-state index in [1.165, 1.54) is 18.2 Å². The number of nitrogens with zero attached hydrogens (tertiary/aromatic N) is 2. The summed E-state index contributed by atoms with van der Waals surface area (Å²) >= 11 is 6.41. The second-order valence-electron chi connectivity index (χ2n) is 5.67. The van der Waals surface area contributed by atoms with E-state index in [-0.39, 0.29) is 16.3 Å². The molecule has 0 aromatic heterocycles. The number of carbonyl (C=O) groups excluding carboxylic acids is 1. The quantitative estimate of drug-likeness (QED) is 0.661. The number of hydrogen-bond donors (Lipinski definition) is 1. The smallest absolute Gasteiger partial charge is 0.362 e. The van der Waals surface area contributed by atoms with Gasteiger partial charge in [-0.1, -0.05) is 50.1 Å². The standard InChI is InChI=1S/C17H11Br2F3N2O2/c18-12-6-4-10(5-7-12)14-9-16(26,17(20,21)22)24(23-14)15(25)11-2-1-3-13(19)8-11/h1-8,26H,9H2/t16-/m0/s1. The van der Waals surface area contributed by atoms with Crippen LogP contribution in [0.5, 0.6) is 0 Å². The summed E-state index contributed by atoms with van der Waals surface area (Å²) in [4.78, 5) is 12.6. The van der Waals surface area contributed by atoms with E-state index < -0.39 is 24.2 Å². The number of alkyl halides is 3. The highest BCUT2D eigenvalue weighted by molar-refractivity contribution is 9.10. The van der Waals surface area contributed by atoms with Crippen molar-refractivity contribution in [1.82, 2.24) is 5.01 Å². The first kappa shape index (κ1) is 19.1. The number of hydrazone groups is 1. The fourth-order valence-corrected chi connectivity index (χ4v) is 3.19. The molecule has 4 nitrogen and oxygen atoms in total. The predicted molar refractivity (Wildman–Crippen MR) is 96.6 cm³/mol. The minimum Gasteiger partial charge on any atom is -0.362 e. The van der Waals surface area contributed by atoms with Crippen molar-refractivity contribution >= 4 is 43.5 Å². The molecule has 1 aliphatic heterocycles. The van der Waals surface area contributed by atoms with E-state index in [1.54, 1.807) is 30.3 Å². The van der Waals surface area contributed by atoms with Gasteiger partial charge in [0, 0.05) is 14.5 Å². The van der Waals surface area contributed by atoms with Gasteiger partial charge >= 0.3 is 6.18 Å². The van der Waals surface area contributed by atoms with Crippen LogP contribution < -0.4 is 0 Å². The molecule has 1 N–H and O–H groups in total. The third-order valence-corrected chi connectivity index (χ3v) is 4.90. The molecule has 0 bridgehead atoms. The van der Waals surface area contributed by atoms with Crippen LogP contribution in [0.1, 0.15) is 22.3 Å². The third-order valence-electron chi connectivity index (χ3n) is 3.88. The molecular formula is C17H11Br2F3N2O2. The summed E-state index contributed by atoms with van der Waals surface area (Å²) in [5, 5.41) is 14.3. The summed E-state index contributed by atoms with van der Waals surface area (Å²) in [7, 11) is 0. The predicted octanol–water partition coefficient (Wildman–Crippen LogP) is 4.71. The minimum absolute atomic E-state index is 0.0251. The van der Waals surface area contributed by atoms with Gasteiger partial charge in [0.05, 0.1) is 12.1 Å². The van der Waals surface area contributed by atoms with Gasteiger partial charge in [0.1, 0.15) is 0 Å². The van der Waals surface area contributed by atoms with Crippen LogP contribution in [0.25, 0.3) is 0 Å². The van der Waals surface area contributed by atoms with Gasteiger partial charge in [0.2, 0.25) is 0 Å². The van der Waals surface area contributed by atoms with E-state index in [2.05, 4.69) is 37.0 Å². The van der Waals surface area contributed by atoms with Crippen LogP contribution in [0.15, 0.2) is 62.6 Å². The van der Waals surface area contributed by atoms with Crippen LogP contribution in [0.2, 0.25) is 0 Å².